The van der Waals surface area contributed by atoms with Gasteiger partial charge in [0.1, 0.15) is 5.82 Å². The highest BCUT2D eigenvalue weighted by molar-refractivity contribution is 9.10. The van der Waals surface area contributed by atoms with Crippen molar-refractivity contribution in [3.63, 3.8) is 0 Å². The van der Waals surface area contributed by atoms with Crippen molar-refractivity contribution in [3.05, 3.63) is 69.9 Å². The van der Waals surface area contributed by atoms with Crippen molar-refractivity contribution in [1.29, 1.82) is 0 Å². The molecule has 118 valence electrons. The Kier molecular flexibility index (Phi) is 5.98. The molecule has 2 nitrogen and oxygen atoms in total. The van der Waals surface area contributed by atoms with E-state index in [2.05, 4.69) is 45.1 Å². The molecule has 1 aliphatic rings. The van der Waals surface area contributed by atoms with E-state index in [4.69, 9.17) is 5.73 Å². The second-order valence-electron chi connectivity index (χ2n) is 5.62. The van der Waals surface area contributed by atoms with Crippen LogP contribution in [-0.4, -0.2) is 24.0 Å². The molecule has 0 spiro atoms. The number of hydrogen-bond acceptors (Lipinski definition) is 2. The monoisotopic (exact) mass is 384 g/mol. The lowest BCUT2D eigenvalue weighted by Crippen LogP contribution is -2.28. The highest BCUT2D eigenvalue weighted by atomic mass is 79.9. The first kappa shape index (κ1) is 17.4. The standard InChI is InChI=1S/C17H18BrFN2.ClH/c18-15-7-6-12(8-16(15)19)9-21-10-14(17(20)11-21)13-4-2-1-3-5-13;/h1-8,14,17H,9-11,20H2;1H/t14-,17+;/m0./s1. The third-order valence-electron chi connectivity index (χ3n) is 4.06. The first-order chi connectivity index (χ1) is 10.1. The Labute approximate surface area is 145 Å². The van der Waals surface area contributed by atoms with Crippen LogP contribution < -0.4 is 5.73 Å². The van der Waals surface area contributed by atoms with Gasteiger partial charge < -0.3 is 5.73 Å². The minimum absolute atomic E-state index is 0. The van der Waals surface area contributed by atoms with E-state index in [0.717, 1.165) is 25.2 Å². The summed E-state index contributed by atoms with van der Waals surface area (Å²) < 4.78 is 14.1. The summed E-state index contributed by atoms with van der Waals surface area (Å²) >= 11 is 3.18. The van der Waals surface area contributed by atoms with Gasteiger partial charge in [-0.2, -0.15) is 0 Å². The number of nitrogens with zero attached hydrogens (tertiary/aromatic N) is 1. The second kappa shape index (κ2) is 7.55. The quantitative estimate of drug-likeness (QED) is 0.867. The average molecular weight is 386 g/mol. The predicted octanol–water partition coefficient (Wildman–Crippen LogP) is 3.94. The first-order valence-electron chi connectivity index (χ1n) is 7.10. The molecule has 1 heterocycles. The van der Waals surface area contributed by atoms with Crippen LogP contribution in [0, 0.1) is 5.82 Å². The summed E-state index contributed by atoms with van der Waals surface area (Å²) in [5.74, 6) is 0.141. The van der Waals surface area contributed by atoms with Gasteiger partial charge in [0.05, 0.1) is 4.47 Å². The molecule has 0 aliphatic carbocycles. The number of halogens is 3. The molecule has 0 bridgehead atoms. The lowest BCUT2D eigenvalue weighted by Gasteiger charge is -2.16. The molecule has 0 amide bonds. The van der Waals surface area contributed by atoms with E-state index in [1.165, 1.54) is 5.56 Å². The fraction of sp³-hybridized carbons (Fsp3) is 0.294. The molecule has 1 fully saturated rings. The summed E-state index contributed by atoms with van der Waals surface area (Å²) in [5, 5.41) is 0. The Morgan fingerprint density at radius 2 is 1.86 bits per heavy atom. The van der Waals surface area contributed by atoms with E-state index >= 15 is 0 Å². The Bertz CT molecular complexity index is 623. The summed E-state index contributed by atoms with van der Waals surface area (Å²) in [6.07, 6.45) is 0. The van der Waals surface area contributed by atoms with Crippen LogP contribution in [0.1, 0.15) is 17.0 Å². The van der Waals surface area contributed by atoms with Crippen molar-refractivity contribution in [2.45, 2.75) is 18.5 Å². The number of benzene rings is 2. The van der Waals surface area contributed by atoms with Crippen LogP contribution in [-0.2, 0) is 6.54 Å². The molecule has 22 heavy (non-hydrogen) atoms. The van der Waals surface area contributed by atoms with Gasteiger partial charge in [0.25, 0.3) is 0 Å². The third kappa shape index (κ3) is 3.87. The van der Waals surface area contributed by atoms with E-state index in [1.807, 2.05) is 12.1 Å². The van der Waals surface area contributed by atoms with Gasteiger partial charge in [0.15, 0.2) is 0 Å². The van der Waals surface area contributed by atoms with Crippen molar-refractivity contribution in [3.8, 4) is 0 Å². The van der Waals surface area contributed by atoms with Crippen molar-refractivity contribution in [2.24, 2.45) is 5.73 Å². The Morgan fingerprint density at radius 1 is 1.14 bits per heavy atom. The lowest BCUT2D eigenvalue weighted by molar-refractivity contribution is 0.323. The topological polar surface area (TPSA) is 29.3 Å². The maximum atomic E-state index is 13.6. The van der Waals surface area contributed by atoms with E-state index < -0.39 is 0 Å². The summed E-state index contributed by atoms with van der Waals surface area (Å²) in [6.45, 7) is 2.50. The lowest BCUT2D eigenvalue weighted by atomic mass is 9.95. The molecule has 2 aromatic rings. The SMILES string of the molecule is Cl.N[C@@H]1CN(Cc2ccc(Br)c(F)c2)C[C@H]1c1ccccc1. The average Bonchev–Trinajstić information content (AvgIpc) is 2.84. The maximum Gasteiger partial charge on any atom is 0.137 e. The van der Waals surface area contributed by atoms with Gasteiger partial charge in [0.2, 0.25) is 0 Å². The van der Waals surface area contributed by atoms with Crippen LogP contribution in [0.2, 0.25) is 0 Å². The maximum absolute atomic E-state index is 13.6. The summed E-state index contributed by atoms with van der Waals surface area (Å²) in [5.41, 5.74) is 8.56. The molecule has 3 rings (SSSR count). The summed E-state index contributed by atoms with van der Waals surface area (Å²) in [7, 11) is 0. The fourth-order valence-corrected chi connectivity index (χ4v) is 3.24. The van der Waals surface area contributed by atoms with Crippen LogP contribution >= 0.6 is 28.3 Å². The van der Waals surface area contributed by atoms with Gasteiger partial charge in [-0.1, -0.05) is 36.4 Å². The van der Waals surface area contributed by atoms with Crippen molar-refractivity contribution < 1.29 is 4.39 Å². The van der Waals surface area contributed by atoms with E-state index in [-0.39, 0.29) is 24.3 Å². The molecule has 2 N–H and O–H groups in total. The molecule has 0 saturated carbocycles. The minimum Gasteiger partial charge on any atom is -0.326 e. The number of nitrogens with two attached hydrogens (primary N) is 1. The zero-order valence-electron chi connectivity index (χ0n) is 12.1. The Balaban J connectivity index is 0.00000176. The van der Waals surface area contributed by atoms with Crippen molar-refractivity contribution in [1.82, 2.24) is 4.90 Å². The predicted molar refractivity (Wildman–Crippen MR) is 93.8 cm³/mol. The number of rotatable bonds is 3. The van der Waals surface area contributed by atoms with E-state index in [1.54, 1.807) is 12.1 Å². The van der Waals surface area contributed by atoms with Gasteiger partial charge in [-0.05, 0) is 39.2 Å². The summed E-state index contributed by atoms with van der Waals surface area (Å²) in [6, 6.07) is 15.8. The fourth-order valence-electron chi connectivity index (χ4n) is 2.99. The highest BCUT2D eigenvalue weighted by Crippen LogP contribution is 2.27. The summed E-state index contributed by atoms with van der Waals surface area (Å²) in [4.78, 5) is 2.30. The van der Waals surface area contributed by atoms with Crippen LogP contribution in [0.4, 0.5) is 4.39 Å². The van der Waals surface area contributed by atoms with Crippen molar-refractivity contribution in [2.75, 3.05) is 13.1 Å². The van der Waals surface area contributed by atoms with Gasteiger partial charge >= 0.3 is 0 Å². The first-order valence-corrected chi connectivity index (χ1v) is 7.89. The van der Waals surface area contributed by atoms with Crippen LogP contribution in [0.15, 0.2) is 53.0 Å². The minimum atomic E-state index is -0.212. The molecular weight excluding hydrogens is 367 g/mol. The largest absolute Gasteiger partial charge is 0.326 e. The zero-order chi connectivity index (χ0) is 14.8. The molecule has 1 saturated heterocycles. The number of hydrogen-bond donors (Lipinski definition) is 1. The van der Waals surface area contributed by atoms with Crippen LogP contribution in [0.3, 0.4) is 0 Å². The van der Waals surface area contributed by atoms with E-state index in [9.17, 15) is 4.39 Å². The molecule has 0 radical (unpaired) electrons. The Morgan fingerprint density at radius 3 is 2.55 bits per heavy atom. The van der Waals surface area contributed by atoms with E-state index in [0.29, 0.717) is 10.4 Å². The molecule has 0 aromatic heterocycles. The van der Waals surface area contributed by atoms with Crippen LogP contribution in [0.25, 0.3) is 0 Å². The smallest absolute Gasteiger partial charge is 0.137 e. The van der Waals surface area contributed by atoms with Crippen LogP contribution in [0.5, 0.6) is 0 Å². The van der Waals surface area contributed by atoms with Crippen molar-refractivity contribution >= 4 is 28.3 Å². The van der Waals surface area contributed by atoms with Gasteiger partial charge in [0, 0.05) is 31.6 Å². The molecular formula is C17H19BrClFN2. The Hall–Kier alpha value is -0.940. The highest BCUT2D eigenvalue weighted by Gasteiger charge is 2.30. The third-order valence-corrected chi connectivity index (χ3v) is 4.70. The number of likely N-dealkylation sites (tertiary alicyclic amines) is 1. The molecule has 2 atom stereocenters. The molecule has 2 aromatic carbocycles. The van der Waals surface area contributed by atoms with Gasteiger partial charge in [-0.3, -0.25) is 4.90 Å². The normalized spacial score (nSPS) is 21.6. The molecule has 0 unspecified atom stereocenters. The molecule has 5 heteroatoms. The van der Waals surface area contributed by atoms with Gasteiger partial charge in [-0.25, -0.2) is 4.39 Å². The zero-order valence-corrected chi connectivity index (χ0v) is 14.5. The van der Waals surface area contributed by atoms with Gasteiger partial charge in [-0.15, -0.1) is 12.4 Å². The second-order valence-corrected chi connectivity index (χ2v) is 6.48. The molecule has 1 aliphatic heterocycles.